The molecule has 7 nitrogen and oxygen atoms in total. The van der Waals surface area contributed by atoms with Crippen LogP contribution in [0.3, 0.4) is 0 Å². The summed E-state index contributed by atoms with van der Waals surface area (Å²) in [4.78, 5) is 34.2. The molecule has 0 bridgehead atoms. The third-order valence-corrected chi connectivity index (χ3v) is 8.09. The summed E-state index contributed by atoms with van der Waals surface area (Å²) in [5, 5.41) is 2.84. The van der Waals surface area contributed by atoms with Gasteiger partial charge in [-0.15, -0.1) is 0 Å². The molecule has 0 unspecified atom stereocenters. The second kappa shape index (κ2) is 8.76. The van der Waals surface area contributed by atoms with E-state index in [1.807, 2.05) is 18.2 Å². The zero-order valence-corrected chi connectivity index (χ0v) is 21.3. The Bertz CT molecular complexity index is 1160. The predicted molar refractivity (Wildman–Crippen MR) is 136 cm³/mol. The summed E-state index contributed by atoms with van der Waals surface area (Å²) in [6, 6.07) is 5.76. The van der Waals surface area contributed by atoms with Gasteiger partial charge in [-0.3, -0.25) is 9.59 Å². The van der Waals surface area contributed by atoms with E-state index in [4.69, 9.17) is 0 Å². The first kappa shape index (κ1) is 23.5. The molecule has 2 aliphatic heterocycles. The van der Waals surface area contributed by atoms with Crippen LogP contribution in [0.1, 0.15) is 48.9 Å². The molecule has 1 saturated carbocycles. The van der Waals surface area contributed by atoms with Crippen molar-refractivity contribution in [3.8, 4) is 0 Å². The van der Waals surface area contributed by atoms with Gasteiger partial charge in [0.2, 0.25) is 0 Å². The van der Waals surface area contributed by atoms with Crippen LogP contribution in [0, 0.1) is 8.99 Å². The van der Waals surface area contributed by atoms with Crippen LogP contribution in [0.2, 0.25) is 0 Å². The van der Waals surface area contributed by atoms with Gasteiger partial charge < -0.3 is 19.7 Å². The molecule has 1 spiro atoms. The van der Waals surface area contributed by atoms with Crippen LogP contribution in [-0.4, -0.2) is 47.6 Å². The number of hydrogen-bond donors (Lipinski definition) is 1. The molecule has 34 heavy (non-hydrogen) atoms. The highest BCUT2D eigenvalue weighted by Crippen LogP contribution is 2.54. The van der Waals surface area contributed by atoms with Crippen LogP contribution in [-0.2, 0) is 7.05 Å². The maximum absolute atomic E-state index is 13.6. The molecule has 0 atom stereocenters. The molecule has 1 aromatic heterocycles. The Balaban J connectivity index is 1.37. The Labute approximate surface area is 210 Å². The summed E-state index contributed by atoms with van der Waals surface area (Å²) < 4.78 is 29.6. The summed E-state index contributed by atoms with van der Waals surface area (Å²) in [6.07, 6.45) is 5.76. The van der Waals surface area contributed by atoms with E-state index in [-0.39, 0.29) is 49.0 Å². The van der Waals surface area contributed by atoms with E-state index < -0.39 is 5.92 Å². The summed E-state index contributed by atoms with van der Waals surface area (Å²) in [5.41, 5.74) is 1.62. The summed E-state index contributed by atoms with van der Waals surface area (Å²) >= 11 is 2.26. The highest BCUT2D eigenvalue weighted by atomic mass is 127. The molecule has 3 fully saturated rings. The Morgan fingerprint density at radius 1 is 1.03 bits per heavy atom. The van der Waals surface area contributed by atoms with Crippen LogP contribution in [0.25, 0.3) is 0 Å². The normalized spacial score (nSPS) is 20.9. The van der Waals surface area contributed by atoms with E-state index in [1.54, 1.807) is 11.9 Å². The van der Waals surface area contributed by atoms with E-state index in [2.05, 4.69) is 37.8 Å². The number of anilines is 3. The number of carbonyl (C=O) groups is 1. The molecule has 3 aliphatic rings. The van der Waals surface area contributed by atoms with Crippen LogP contribution >= 0.6 is 22.6 Å². The Hall–Kier alpha value is -2.24. The maximum Gasteiger partial charge on any atom is 0.293 e. The molecular formula is C24H28F2IN5O2. The number of amides is 1. The second-order valence-corrected chi connectivity index (χ2v) is 11.1. The van der Waals surface area contributed by atoms with E-state index >= 15 is 0 Å². The molecule has 3 heterocycles. The molecule has 2 aromatic rings. The van der Waals surface area contributed by atoms with Crippen molar-refractivity contribution < 1.29 is 13.6 Å². The minimum atomic E-state index is -2.72. The van der Waals surface area contributed by atoms with E-state index in [1.165, 1.54) is 23.6 Å². The van der Waals surface area contributed by atoms with Crippen molar-refractivity contribution in [2.75, 3.05) is 41.3 Å². The van der Waals surface area contributed by atoms with Gasteiger partial charge in [0.05, 0.1) is 11.3 Å². The minimum Gasteiger partial charge on any atom is -0.371 e. The third-order valence-electron chi connectivity index (χ3n) is 7.42. The lowest BCUT2D eigenvalue weighted by Gasteiger charge is -2.35. The van der Waals surface area contributed by atoms with Crippen molar-refractivity contribution in [2.24, 2.45) is 12.5 Å². The number of hydrogen-bond acceptors (Lipinski definition) is 5. The number of aryl methyl sites for hydroxylation is 1. The van der Waals surface area contributed by atoms with E-state index in [0.717, 1.165) is 35.2 Å². The highest BCUT2D eigenvalue weighted by Gasteiger charge is 2.44. The molecule has 5 rings (SSSR count). The standard InChI is InChI=1S/C24H28F2IN5O2/c1-30-15-19(28-20(22(30)34)32-12-8-24(25,26)9-13-32)29-21(33)17-3-2-16(27)14-18(17)31-10-6-23(4-5-23)7-11-31/h2-3,14-15H,4-13H2,1H3,(H,29,33). The van der Waals surface area contributed by atoms with Gasteiger partial charge in [0.15, 0.2) is 11.6 Å². The van der Waals surface area contributed by atoms with Crippen LogP contribution < -0.4 is 20.7 Å². The smallest absolute Gasteiger partial charge is 0.293 e. The van der Waals surface area contributed by atoms with Crippen molar-refractivity contribution in [3.05, 3.63) is 43.9 Å². The van der Waals surface area contributed by atoms with Crippen molar-refractivity contribution in [3.63, 3.8) is 0 Å². The van der Waals surface area contributed by atoms with E-state index in [9.17, 15) is 18.4 Å². The summed E-state index contributed by atoms with van der Waals surface area (Å²) in [7, 11) is 1.57. The molecule has 0 radical (unpaired) electrons. The number of carbonyl (C=O) groups excluding carboxylic acids is 1. The zero-order chi connectivity index (χ0) is 24.1. The average Bonchev–Trinajstić information content (AvgIpc) is 3.55. The molecule has 2 saturated heterocycles. The SMILES string of the molecule is Cn1cc(NC(=O)c2ccc(I)cc2N2CCC3(CC2)CC3)nc(N2CCC(F)(F)CC2)c1=O. The van der Waals surface area contributed by atoms with Gasteiger partial charge in [0.1, 0.15) is 0 Å². The number of aromatic nitrogens is 2. The average molecular weight is 583 g/mol. The lowest BCUT2D eigenvalue weighted by molar-refractivity contribution is -0.0222. The van der Waals surface area contributed by atoms with Crippen LogP contribution in [0.4, 0.5) is 26.1 Å². The largest absolute Gasteiger partial charge is 0.371 e. The lowest BCUT2D eigenvalue weighted by atomic mass is 9.93. The number of alkyl halides is 2. The summed E-state index contributed by atoms with van der Waals surface area (Å²) in [5.74, 6) is -2.72. The van der Waals surface area contributed by atoms with Gasteiger partial charge in [-0.05, 0) is 71.9 Å². The molecular weight excluding hydrogens is 555 g/mol. The zero-order valence-electron chi connectivity index (χ0n) is 19.1. The molecule has 1 amide bonds. The Morgan fingerprint density at radius 3 is 2.32 bits per heavy atom. The molecule has 10 heteroatoms. The van der Waals surface area contributed by atoms with Crippen LogP contribution in [0.15, 0.2) is 29.2 Å². The first-order chi connectivity index (χ1) is 16.1. The Morgan fingerprint density at radius 2 is 1.68 bits per heavy atom. The third kappa shape index (κ3) is 4.78. The molecule has 1 aromatic carbocycles. The second-order valence-electron chi connectivity index (χ2n) is 9.81. The monoisotopic (exact) mass is 583 g/mol. The number of nitrogens with zero attached hydrogens (tertiary/aromatic N) is 4. The highest BCUT2D eigenvalue weighted by molar-refractivity contribution is 14.1. The quantitative estimate of drug-likeness (QED) is 0.546. The minimum absolute atomic E-state index is 0.0460. The first-order valence-corrected chi connectivity index (χ1v) is 12.8. The maximum atomic E-state index is 13.6. The topological polar surface area (TPSA) is 70.5 Å². The number of benzene rings is 1. The fraction of sp³-hybridized carbons (Fsp3) is 0.542. The predicted octanol–water partition coefficient (Wildman–Crippen LogP) is 4.25. The fourth-order valence-corrected chi connectivity index (χ4v) is 5.42. The van der Waals surface area contributed by atoms with Gasteiger partial charge >= 0.3 is 0 Å². The van der Waals surface area contributed by atoms with Gasteiger partial charge in [-0.1, -0.05) is 0 Å². The van der Waals surface area contributed by atoms with Gasteiger partial charge in [0, 0.05) is 55.8 Å². The summed E-state index contributed by atoms with van der Waals surface area (Å²) in [6.45, 7) is 1.96. The molecule has 1 aliphatic carbocycles. The number of piperidine rings is 2. The number of halogens is 3. The van der Waals surface area contributed by atoms with Gasteiger partial charge in [-0.2, -0.15) is 0 Å². The first-order valence-electron chi connectivity index (χ1n) is 11.7. The lowest BCUT2D eigenvalue weighted by Crippen LogP contribution is -2.43. The van der Waals surface area contributed by atoms with Gasteiger partial charge in [0.25, 0.3) is 17.4 Å². The Kier molecular flexibility index (Phi) is 6.06. The molecule has 1 N–H and O–H groups in total. The van der Waals surface area contributed by atoms with Crippen molar-refractivity contribution in [2.45, 2.75) is 44.4 Å². The number of nitrogens with one attached hydrogen (secondary N) is 1. The fourth-order valence-electron chi connectivity index (χ4n) is 4.94. The van der Waals surface area contributed by atoms with E-state index in [0.29, 0.717) is 11.0 Å². The van der Waals surface area contributed by atoms with Crippen molar-refractivity contribution >= 4 is 45.8 Å². The van der Waals surface area contributed by atoms with Crippen molar-refractivity contribution in [1.29, 1.82) is 0 Å². The van der Waals surface area contributed by atoms with Crippen molar-refractivity contribution in [1.82, 2.24) is 9.55 Å². The van der Waals surface area contributed by atoms with Gasteiger partial charge in [-0.25, -0.2) is 13.8 Å². The van der Waals surface area contributed by atoms with Crippen LogP contribution in [0.5, 0.6) is 0 Å². The number of rotatable bonds is 4. The molecule has 182 valence electrons.